The zero-order valence-electron chi connectivity index (χ0n) is 17.0. The number of amides is 2. The average Bonchev–Trinajstić information content (AvgIpc) is 3.02. The lowest BCUT2D eigenvalue weighted by molar-refractivity contribution is -0.142. The van der Waals surface area contributed by atoms with Crippen LogP contribution in [0.25, 0.3) is 0 Å². The molecular weight excluding hydrogens is 390 g/mol. The zero-order chi connectivity index (χ0) is 21.8. The Morgan fingerprint density at radius 1 is 1.27 bits per heavy atom. The van der Waals surface area contributed by atoms with E-state index in [0.29, 0.717) is 18.1 Å². The number of aliphatic carboxylic acids is 1. The summed E-state index contributed by atoms with van der Waals surface area (Å²) in [5.41, 5.74) is 7.69. The number of carbonyl (C=O) groups is 4. The van der Waals surface area contributed by atoms with Crippen LogP contribution in [0.2, 0.25) is 0 Å². The first-order valence-electron chi connectivity index (χ1n) is 10.1. The molecule has 0 spiro atoms. The Bertz CT molecular complexity index is 847. The molecule has 162 valence electrons. The van der Waals surface area contributed by atoms with Crippen molar-refractivity contribution in [3.05, 3.63) is 29.3 Å². The summed E-state index contributed by atoms with van der Waals surface area (Å²) < 4.78 is 5.10. The van der Waals surface area contributed by atoms with Crippen LogP contribution in [0.4, 0.5) is 5.69 Å². The van der Waals surface area contributed by atoms with Gasteiger partial charge in [0.05, 0.1) is 6.61 Å². The van der Waals surface area contributed by atoms with E-state index in [-0.39, 0.29) is 31.3 Å². The van der Waals surface area contributed by atoms with E-state index in [0.717, 1.165) is 37.2 Å². The Morgan fingerprint density at radius 2 is 1.97 bits per heavy atom. The number of nitrogens with two attached hydrogens (primary N) is 1. The lowest BCUT2D eigenvalue weighted by Gasteiger charge is -2.33. The minimum absolute atomic E-state index is 0.00685. The van der Waals surface area contributed by atoms with Gasteiger partial charge in [-0.1, -0.05) is 6.07 Å². The smallest absolute Gasteiger partial charge is 0.303 e. The van der Waals surface area contributed by atoms with E-state index < -0.39 is 17.9 Å². The summed E-state index contributed by atoms with van der Waals surface area (Å²) in [5, 5.41) is 8.90. The number of nitrogens with zero attached hydrogens (tertiary/aromatic N) is 2. The van der Waals surface area contributed by atoms with Gasteiger partial charge in [0.2, 0.25) is 5.91 Å². The summed E-state index contributed by atoms with van der Waals surface area (Å²) in [4.78, 5) is 50.2. The minimum atomic E-state index is -1.04. The largest absolute Gasteiger partial charge is 0.481 e. The number of fused-ring (bicyclic) bond motifs is 1. The number of carboxylic acid groups (broad SMARTS) is 1. The van der Waals surface area contributed by atoms with Crippen molar-refractivity contribution in [2.24, 2.45) is 11.7 Å². The van der Waals surface area contributed by atoms with Gasteiger partial charge in [-0.25, -0.2) is 0 Å². The van der Waals surface area contributed by atoms with Crippen molar-refractivity contribution in [3.63, 3.8) is 0 Å². The molecule has 1 aromatic rings. The van der Waals surface area contributed by atoms with Crippen LogP contribution in [0.1, 0.15) is 48.5 Å². The first kappa shape index (κ1) is 21.6. The Labute approximate surface area is 174 Å². The number of anilines is 1. The van der Waals surface area contributed by atoms with E-state index >= 15 is 0 Å². The zero-order valence-corrected chi connectivity index (χ0v) is 17.0. The molecule has 1 aromatic carbocycles. The third-order valence-corrected chi connectivity index (χ3v) is 5.76. The molecule has 2 amide bonds. The number of carbonyl (C=O) groups excluding carboxylic acids is 3. The Morgan fingerprint density at radius 3 is 2.57 bits per heavy atom. The third-order valence-electron chi connectivity index (χ3n) is 5.76. The highest BCUT2D eigenvalue weighted by Gasteiger charge is 2.36. The molecule has 3 rings (SSSR count). The molecule has 2 aliphatic heterocycles. The molecule has 0 aromatic heterocycles. The highest BCUT2D eigenvalue weighted by molar-refractivity contribution is 6.01. The number of ether oxygens (including phenoxy) is 1. The molecule has 1 atom stereocenters. The van der Waals surface area contributed by atoms with E-state index in [1.54, 1.807) is 0 Å². The van der Waals surface area contributed by atoms with E-state index in [2.05, 4.69) is 4.90 Å². The summed E-state index contributed by atoms with van der Waals surface area (Å²) in [6.45, 7) is 3.68. The maximum Gasteiger partial charge on any atom is 0.303 e. The Hall–Kier alpha value is -3.10. The number of primary amides is 1. The van der Waals surface area contributed by atoms with Gasteiger partial charge >= 0.3 is 11.9 Å². The standard InChI is InChI=1S/C21H27N3O6/c1-13(25)30-12-14-6-8-23(9-7-14)16-3-2-15-11-24(21(29)17(15)10-16)18(20(22)28)4-5-19(26)27/h2-3,10,14,18H,4-9,11-12H2,1H3,(H2,22,28)(H,26,27). The highest BCUT2D eigenvalue weighted by atomic mass is 16.5. The molecule has 0 radical (unpaired) electrons. The predicted molar refractivity (Wildman–Crippen MR) is 108 cm³/mol. The predicted octanol–water partition coefficient (Wildman–Crippen LogP) is 1.14. The van der Waals surface area contributed by atoms with Gasteiger partial charge in [-0.05, 0) is 42.9 Å². The van der Waals surface area contributed by atoms with Gasteiger partial charge in [-0.3, -0.25) is 19.2 Å². The van der Waals surface area contributed by atoms with Crippen LogP contribution < -0.4 is 10.6 Å². The summed E-state index contributed by atoms with van der Waals surface area (Å²) in [7, 11) is 0. The van der Waals surface area contributed by atoms with Crippen molar-refractivity contribution in [1.29, 1.82) is 0 Å². The fourth-order valence-electron chi connectivity index (χ4n) is 4.06. The number of esters is 1. The quantitative estimate of drug-likeness (QED) is 0.607. The monoisotopic (exact) mass is 417 g/mol. The SMILES string of the molecule is CC(=O)OCC1CCN(c2ccc3c(c2)C(=O)N(C(CCC(=O)O)C(N)=O)C3)CC1. The maximum atomic E-state index is 12.9. The fourth-order valence-corrected chi connectivity index (χ4v) is 4.06. The lowest BCUT2D eigenvalue weighted by Crippen LogP contribution is -2.45. The van der Waals surface area contributed by atoms with E-state index in [4.69, 9.17) is 15.6 Å². The number of hydrogen-bond donors (Lipinski definition) is 2. The molecule has 3 N–H and O–H groups in total. The molecule has 0 bridgehead atoms. The van der Waals surface area contributed by atoms with Gasteiger partial charge in [0.15, 0.2) is 0 Å². The second-order valence-corrected chi connectivity index (χ2v) is 7.86. The number of piperidine rings is 1. The average molecular weight is 417 g/mol. The fraction of sp³-hybridized carbons (Fsp3) is 0.524. The molecule has 0 saturated carbocycles. The van der Waals surface area contributed by atoms with Gasteiger partial charge in [-0.2, -0.15) is 0 Å². The molecule has 1 unspecified atom stereocenters. The number of carboxylic acids is 1. The lowest BCUT2D eigenvalue weighted by atomic mass is 9.97. The van der Waals surface area contributed by atoms with Crippen LogP contribution in [-0.4, -0.2) is 59.5 Å². The van der Waals surface area contributed by atoms with E-state index in [9.17, 15) is 19.2 Å². The van der Waals surface area contributed by atoms with Crippen molar-refractivity contribution in [2.45, 2.75) is 45.2 Å². The van der Waals surface area contributed by atoms with Crippen LogP contribution in [0.15, 0.2) is 18.2 Å². The number of rotatable bonds is 8. The van der Waals surface area contributed by atoms with Crippen LogP contribution >= 0.6 is 0 Å². The van der Waals surface area contributed by atoms with Gasteiger partial charge in [-0.15, -0.1) is 0 Å². The topological polar surface area (TPSA) is 130 Å². The Kier molecular flexibility index (Phi) is 6.59. The van der Waals surface area contributed by atoms with Crippen molar-refractivity contribution < 1.29 is 29.0 Å². The summed E-state index contributed by atoms with van der Waals surface area (Å²) >= 11 is 0. The Balaban J connectivity index is 1.67. The summed E-state index contributed by atoms with van der Waals surface area (Å²) in [6.07, 6.45) is 1.54. The normalized spacial score (nSPS) is 17.6. The molecule has 1 saturated heterocycles. The van der Waals surface area contributed by atoms with Crippen LogP contribution in [-0.2, 0) is 25.7 Å². The second kappa shape index (κ2) is 9.15. The molecule has 1 fully saturated rings. The van der Waals surface area contributed by atoms with Gasteiger partial charge in [0.1, 0.15) is 6.04 Å². The highest BCUT2D eigenvalue weighted by Crippen LogP contribution is 2.31. The third kappa shape index (κ3) is 4.90. The van der Waals surface area contributed by atoms with E-state index in [1.165, 1.54) is 11.8 Å². The minimum Gasteiger partial charge on any atom is -0.481 e. The molecule has 9 nitrogen and oxygen atoms in total. The molecule has 0 aliphatic carbocycles. The van der Waals surface area contributed by atoms with Gasteiger partial charge in [0, 0.05) is 44.2 Å². The molecule has 2 aliphatic rings. The first-order chi connectivity index (χ1) is 14.3. The van der Waals surface area contributed by atoms with Gasteiger partial charge < -0.3 is 25.4 Å². The van der Waals surface area contributed by atoms with Crippen LogP contribution in [0.3, 0.4) is 0 Å². The molecule has 2 heterocycles. The number of hydrogen-bond acceptors (Lipinski definition) is 6. The maximum absolute atomic E-state index is 12.9. The van der Waals surface area contributed by atoms with Crippen molar-refractivity contribution >= 4 is 29.4 Å². The summed E-state index contributed by atoms with van der Waals surface area (Å²) in [6, 6.07) is 4.72. The van der Waals surface area contributed by atoms with Crippen LogP contribution in [0.5, 0.6) is 0 Å². The molecular formula is C21H27N3O6. The van der Waals surface area contributed by atoms with Crippen molar-refractivity contribution in [1.82, 2.24) is 4.90 Å². The van der Waals surface area contributed by atoms with Crippen LogP contribution in [0, 0.1) is 5.92 Å². The van der Waals surface area contributed by atoms with Crippen molar-refractivity contribution in [3.8, 4) is 0 Å². The van der Waals surface area contributed by atoms with Crippen molar-refractivity contribution in [2.75, 3.05) is 24.6 Å². The number of benzene rings is 1. The molecule has 30 heavy (non-hydrogen) atoms. The first-order valence-corrected chi connectivity index (χ1v) is 10.1. The second-order valence-electron chi connectivity index (χ2n) is 7.86. The molecule has 9 heteroatoms. The van der Waals surface area contributed by atoms with E-state index in [1.807, 2.05) is 18.2 Å². The summed E-state index contributed by atoms with van der Waals surface area (Å²) in [5.74, 6) is -1.97. The van der Waals surface area contributed by atoms with Gasteiger partial charge in [0.25, 0.3) is 5.91 Å².